The highest BCUT2D eigenvalue weighted by molar-refractivity contribution is 7.21. The lowest BCUT2D eigenvalue weighted by atomic mass is 10.1. The molecule has 3 nitrogen and oxygen atoms in total. The highest BCUT2D eigenvalue weighted by Gasteiger charge is 2.34. The molecule has 0 N–H and O–H groups in total. The number of thiophene rings is 1. The SMILES string of the molecule is Cc1c(C(=O)CC2OC(=O)C(Cl)=C2Cl)sc2ccc(Cl)cc12. The number of hydrogen-bond acceptors (Lipinski definition) is 4. The van der Waals surface area contributed by atoms with Gasteiger partial charge in [0.25, 0.3) is 0 Å². The van der Waals surface area contributed by atoms with Gasteiger partial charge in [-0.1, -0.05) is 34.8 Å². The third-order valence-electron chi connectivity index (χ3n) is 3.44. The summed E-state index contributed by atoms with van der Waals surface area (Å²) in [4.78, 5) is 24.4. The van der Waals surface area contributed by atoms with Gasteiger partial charge in [-0.05, 0) is 36.1 Å². The second kappa shape index (κ2) is 5.85. The van der Waals surface area contributed by atoms with Crippen LogP contribution in [0.2, 0.25) is 5.02 Å². The van der Waals surface area contributed by atoms with Crippen LogP contribution in [0, 0.1) is 6.92 Å². The Bertz CT molecular complexity index is 838. The number of fused-ring (bicyclic) bond motifs is 1. The summed E-state index contributed by atoms with van der Waals surface area (Å²) in [5.74, 6) is -0.832. The molecule has 114 valence electrons. The van der Waals surface area contributed by atoms with E-state index in [-0.39, 0.29) is 22.3 Å². The summed E-state index contributed by atoms with van der Waals surface area (Å²) in [5, 5.41) is 1.50. The van der Waals surface area contributed by atoms with E-state index in [4.69, 9.17) is 39.5 Å². The van der Waals surface area contributed by atoms with Crippen molar-refractivity contribution < 1.29 is 14.3 Å². The molecule has 3 rings (SSSR count). The number of halogens is 3. The zero-order valence-corrected chi connectivity index (χ0v) is 14.4. The van der Waals surface area contributed by atoms with Gasteiger partial charge in [-0.25, -0.2) is 4.79 Å². The van der Waals surface area contributed by atoms with Gasteiger partial charge < -0.3 is 4.74 Å². The fraction of sp³-hybridized carbons (Fsp3) is 0.200. The number of ketones is 1. The van der Waals surface area contributed by atoms with Crippen LogP contribution in [0.25, 0.3) is 10.1 Å². The minimum absolute atomic E-state index is 0.0256. The van der Waals surface area contributed by atoms with Crippen molar-refractivity contribution in [3.63, 3.8) is 0 Å². The number of carbonyl (C=O) groups is 2. The molecule has 1 aromatic carbocycles. The molecular formula is C15H9Cl3O3S. The van der Waals surface area contributed by atoms with Gasteiger partial charge in [-0.2, -0.15) is 0 Å². The molecule has 7 heteroatoms. The van der Waals surface area contributed by atoms with E-state index in [0.717, 1.165) is 15.6 Å². The van der Waals surface area contributed by atoms with Crippen molar-refractivity contribution in [2.75, 3.05) is 0 Å². The van der Waals surface area contributed by atoms with Crippen LogP contribution in [-0.4, -0.2) is 17.9 Å². The maximum Gasteiger partial charge on any atom is 0.351 e. The lowest BCUT2D eigenvalue weighted by Crippen LogP contribution is -2.15. The fourth-order valence-electron chi connectivity index (χ4n) is 2.32. The minimum Gasteiger partial charge on any atom is -0.452 e. The van der Waals surface area contributed by atoms with Crippen LogP contribution >= 0.6 is 46.1 Å². The third kappa shape index (κ3) is 2.65. The lowest BCUT2D eigenvalue weighted by molar-refractivity contribution is -0.138. The Kier molecular flexibility index (Phi) is 4.21. The normalized spacial score (nSPS) is 18.2. The minimum atomic E-state index is -0.803. The van der Waals surface area contributed by atoms with Crippen molar-refractivity contribution in [1.29, 1.82) is 0 Å². The van der Waals surface area contributed by atoms with E-state index in [2.05, 4.69) is 0 Å². The van der Waals surface area contributed by atoms with Crippen molar-refractivity contribution in [3.8, 4) is 0 Å². The number of rotatable bonds is 3. The Hall–Kier alpha value is -1.07. The molecule has 22 heavy (non-hydrogen) atoms. The molecule has 0 aliphatic carbocycles. The molecule has 1 aromatic heterocycles. The van der Waals surface area contributed by atoms with Gasteiger partial charge in [0.15, 0.2) is 5.78 Å². The zero-order valence-electron chi connectivity index (χ0n) is 11.3. The van der Waals surface area contributed by atoms with Gasteiger partial charge in [0.1, 0.15) is 11.1 Å². The maximum atomic E-state index is 12.5. The first kappa shape index (κ1) is 15.8. The van der Waals surface area contributed by atoms with Crippen LogP contribution in [0.4, 0.5) is 0 Å². The van der Waals surface area contributed by atoms with E-state index >= 15 is 0 Å². The molecule has 0 fully saturated rings. The first-order valence-corrected chi connectivity index (χ1v) is 8.31. The Morgan fingerprint density at radius 2 is 2.05 bits per heavy atom. The maximum absolute atomic E-state index is 12.5. The molecule has 2 heterocycles. The van der Waals surface area contributed by atoms with Crippen LogP contribution in [0.1, 0.15) is 21.7 Å². The van der Waals surface area contributed by atoms with Crippen molar-refractivity contribution in [2.45, 2.75) is 19.4 Å². The summed E-state index contributed by atoms with van der Waals surface area (Å²) in [6.45, 7) is 1.87. The summed E-state index contributed by atoms with van der Waals surface area (Å²) in [5.41, 5.74) is 0.864. The predicted molar refractivity (Wildman–Crippen MR) is 89.1 cm³/mol. The zero-order chi connectivity index (χ0) is 16.0. The van der Waals surface area contributed by atoms with E-state index in [9.17, 15) is 9.59 Å². The quantitative estimate of drug-likeness (QED) is 0.557. The Balaban J connectivity index is 1.90. The van der Waals surface area contributed by atoms with E-state index in [1.807, 2.05) is 19.1 Å². The molecule has 0 bridgehead atoms. The number of benzene rings is 1. The van der Waals surface area contributed by atoms with Gasteiger partial charge in [-0.3, -0.25) is 4.79 Å². The highest BCUT2D eigenvalue weighted by atomic mass is 35.5. The van der Waals surface area contributed by atoms with Gasteiger partial charge in [0.2, 0.25) is 0 Å². The average Bonchev–Trinajstić information content (AvgIpc) is 2.92. The molecule has 1 unspecified atom stereocenters. The number of carbonyl (C=O) groups excluding carboxylic acids is 2. The average molecular weight is 376 g/mol. The van der Waals surface area contributed by atoms with Crippen LogP contribution < -0.4 is 0 Å². The van der Waals surface area contributed by atoms with Gasteiger partial charge in [0.05, 0.1) is 16.3 Å². The molecule has 0 amide bonds. The summed E-state index contributed by atoms with van der Waals surface area (Å²) in [6, 6.07) is 5.50. The molecule has 1 atom stereocenters. The van der Waals surface area contributed by atoms with Crippen molar-refractivity contribution >= 4 is 68.0 Å². The van der Waals surface area contributed by atoms with Crippen LogP contribution in [0.15, 0.2) is 28.3 Å². The molecule has 2 aromatic rings. The molecule has 0 saturated heterocycles. The second-order valence-electron chi connectivity index (χ2n) is 4.88. The van der Waals surface area contributed by atoms with E-state index < -0.39 is 12.1 Å². The summed E-state index contributed by atoms with van der Waals surface area (Å²) in [7, 11) is 0. The third-order valence-corrected chi connectivity index (χ3v) is 5.88. The summed E-state index contributed by atoms with van der Waals surface area (Å²) < 4.78 is 5.98. The second-order valence-corrected chi connectivity index (χ2v) is 7.15. The number of hydrogen-bond donors (Lipinski definition) is 0. The number of aryl methyl sites for hydroxylation is 1. The summed E-state index contributed by atoms with van der Waals surface area (Å²) >= 11 is 19.0. The number of esters is 1. The van der Waals surface area contributed by atoms with Gasteiger partial charge in [0, 0.05) is 9.72 Å². The van der Waals surface area contributed by atoms with Crippen LogP contribution in [-0.2, 0) is 9.53 Å². The molecule has 0 saturated carbocycles. The van der Waals surface area contributed by atoms with Gasteiger partial charge >= 0.3 is 5.97 Å². The lowest BCUT2D eigenvalue weighted by Gasteiger charge is -2.08. The molecule has 1 aliphatic heterocycles. The molecule has 0 spiro atoms. The number of ether oxygens (including phenoxy) is 1. The smallest absolute Gasteiger partial charge is 0.351 e. The Morgan fingerprint density at radius 1 is 1.32 bits per heavy atom. The monoisotopic (exact) mass is 374 g/mol. The molecule has 0 radical (unpaired) electrons. The Labute approximate surface area is 145 Å². The van der Waals surface area contributed by atoms with E-state index in [1.54, 1.807) is 6.07 Å². The first-order chi connectivity index (χ1) is 10.4. The van der Waals surface area contributed by atoms with Crippen LogP contribution in [0.3, 0.4) is 0 Å². The molecular weight excluding hydrogens is 367 g/mol. The summed E-state index contributed by atoms with van der Waals surface area (Å²) in [6.07, 6.45) is -0.829. The molecule has 1 aliphatic rings. The van der Waals surface area contributed by atoms with Crippen molar-refractivity contribution in [1.82, 2.24) is 0 Å². The number of Topliss-reactive ketones (excluding diaryl/α,β-unsaturated/α-hetero) is 1. The largest absolute Gasteiger partial charge is 0.452 e. The number of cyclic esters (lactones) is 1. The first-order valence-electron chi connectivity index (χ1n) is 6.36. The highest BCUT2D eigenvalue weighted by Crippen LogP contribution is 2.36. The van der Waals surface area contributed by atoms with Crippen molar-refractivity contribution in [3.05, 3.63) is 43.7 Å². The van der Waals surface area contributed by atoms with E-state index in [1.165, 1.54) is 11.3 Å². The van der Waals surface area contributed by atoms with Crippen molar-refractivity contribution in [2.24, 2.45) is 0 Å². The predicted octanol–water partition coefficient (Wildman–Crippen LogP) is 5.05. The fourth-order valence-corrected chi connectivity index (χ4v) is 4.00. The topological polar surface area (TPSA) is 43.4 Å². The van der Waals surface area contributed by atoms with Gasteiger partial charge in [-0.15, -0.1) is 11.3 Å². The Morgan fingerprint density at radius 3 is 2.68 bits per heavy atom. The van der Waals surface area contributed by atoms with Crippen LogP contribution in [0.5, 0.6) is 0 Å². The standard InChI is InChI=1S/C15H9Cl3O3S/c1-6-8-4-7(16)2-3-11(8)22-14(6)9(19)5-10-12(17)13(18)15(20)21-10/h2-4,10H,5H2,1H3. The van der Waals surface area contributed by atoms with E-state index in [0.29, 0.717) is 9.90 Å².